The monoisotopic (exact) mass is 284 g/mol. The molecule has 2 N–H and O–H groups in total. The zero-order valence-corrected chi connectivity index (χ0v) is 10.6. The van der Waals surface area contributed by atoms with Crippen molar-refractivity contribution in [2.45, 2.75) is 10.8 Å². The van der Waals surface area contributed by atoms with Crippen molar-refractivity contribution in [3.8, 4) is 0 Å². The summed E-state index contributed by atoms with van der Waals surface area (Å²) in [5, 5.41) is 0. The molecule has 4 nitrogen and oxygen atoms in total. The van der Waals surface area contributed by atoms with Crippen LogP contribution >= 0.6 is 31.0 Å². The summed E-state index contributed by atoms with van der Waals surface area (Å²) in [7, 11) is -4.46. The van der Waals surface area contributed by atoms with Crippen molar-refractivity contribution in [2.75, 3.05) is 6.61 Å². The number of phosphoric ester groups is 1. The average Bonchev–Trinajstić information content (AvgIpc) is 2.17. The van der Waals surface area contributed by atoms with E-state index in [0.29, 0.717) is 5.56 Å². The highest BCUT2D eigenvalue weighted by Gasteiger charge is 2.27. The standard InChI is InChI=1S/C9H11Cl2O4P/c10-9(11,6-7-15-16(12,13)14)8-4-2-1-3-5-8/h1-5H,6-7H2,(H2,12,13,14). The van der Waals surface area contributed by atoms with E-state index in [-0.39, 0.29) is 13.0 Å². The first-order valence-corrected chi connectivity index (χ1v) is 6.73. The Morgan fingerprint density at radius 1 is 1.25 bits per heavy atom. The molecular weight excluding hydrogens is 274 g/mol. The molecule has 0 spiro atoms. The van der Waals surface area contributed by atoms with Gasteiger partial charge in [-0.2, -0.15) is 0 Å². The lowest BCUT2D eigenvalue weighted by Gasteiger charge is -2.19. The molecule has 7 heteroatoms. The summed E-state index contributed by atoms with van der Waals surface area (Å²) in [6.07, 6.45) is 0.0885. The van der Waals surface area contributed by atoms with E-state index in [4.69, 9.17) is 33.0 Å². The van der Waals surface area contributed by atoms with Gasteiger partial charge >= 0.3 is 7.82 Å². The molecule has 0 aliphatic rings. The second-order valence-electron chi connectivity index (χ2n) is 3.14. The Hall–Kier alpha value is -0.0900. The maximum atomic E-state index is 10.4. The molecule has 0 unspecified atom stereocenters. The first-order valence-electron chi connectivity index (χ1n) is 4.45. The van der Waals surface area contributed by atoms with Gasteiger partial charge in [-0.1, -0.05) is 53.5 Å². The third-order valence-electron chi connectivity index (χ3n) is 1.87. The van der Waals surface area contributed by atoms with Gasteiger partial charge in [0.1, 0.15) is 4.33 Å². The fourth-order valence-electron chi connectivity index (χ4n) is 1.12. The van der Waals surface area contributed by atoms with Crippen molar-refractivity contribution in [3.05, 3.63) is 35.9 Å². The molecule has 0 bridgehead atoms. The van der Waals surface area contributed by atoms with Crippen LogP contribution in [0.25, 0.3) is 0 Å². The Labute approximate surface area is 103 Å². The molecule has 0 aliphatic heterocycles. The number of halogens is 2. The number of benzene rings is 1. The maximum Gasteiger partial charge on any atom is 0.469 e. The summed E-state index contributed by atoms with van der Waals surface area (Å²) in [6, 6.07) is 8.84. The zero-order chi connectivity index (χ0) is 12.2. The van der Waals surface area contributed by atoms with Crippen LogP contribution in [0.1, 0.15) is 12.0 Å². The molecule has 0 atom stereocenters. The molecule has 1 rings (SSSR count). The fraction of sp³-hybridized carbons (Fsp3) is 0.333. The SMILES string of the molecule is O=P(O)(O)OCCC(Cl)(Cl)c1ccccc1. The van der Waals surface area contributed by atoms with Gasteiger partial charge in [-0.05, 0) is 5.56 Å². The van der Waals surface area contributed by atoms with E-state index in [1.807, 2.05) is 6.07 Å². The van der Waals surface area contributed by atoms with Crippen LogP contribution in [-0.4, -0.2) is 16.4 Å². The van der Waals surface area contributed by atoms with Gasteiger partial charge in [0.15, 0.2) is 0 Å². The van der Waals surface area contributed by atoms with Crippen molar-refractivity contribution >= 4 is 31.0 Å². The Kier molecular flexibility index (Phi) is 4.80. The van der Waals surface area contributed by atoms with Gasteiger partial charge in [-0.3, -0.25) is 4.52 Å². The van der Waals surface area contributed by atoms with E-state index in [1.165, 1.54) is 0 Å². The predicted octanol–water partition coefficient (Wildman–Crippen LogP) is 2.82. The van der Waals surface area contributed by atoms with Crippen LogP contribution in [-0.2, 0) is 13.4 Å². The highest BCUT2D eigenvalue weighted by molar-refractivity contribution is 7.46. The summed E-state index contributed by atoms with van der Waals surface area (Å²) in [4.78, 5) is 17.0. The quantitative estimate of drug-likeness (QED) is 0.645. The van der Waals surface area contributed by atoms with E-state index in [0.717, 1.165) is 0 Å². The lowest BCUT2D eigenvalue weighted by Crippen LogP contribution is -2.13. The van der Waals surface area contributed by atoms with Crippen LogP contribution in [0.15, 0.2) is 30.3 Å². The first kappa shape index (κ1) is 14.0. The van der Waals surface area contributed by atoms with Crippen LogP contribution < -0.4 is 0 Å². The summed E-state index contributed by atoms with van der Waals surface area (Å²) in [5.41, 5.74) is 0.660. The van der Waals surface area contributed by atoms with Crippen molar-refractivity contribution in [1.82, 2.24) is 0 Å². The van der Waals surface area contributed by atoms with E-state index < -0.39 is 12.2 Å². The Balaban J connectivity index is 2.56. The summed E-state index contributed by atoms with van der Waals surface area (Å²) < 4.78 is 13.5. The van der Waals surface area contributed by atoms with Crippen molar-refractivity contribution in [3.63, 3.8) is 0 Å². The number of rotatable bonds is 5. The molecule has 90 valence electrons. The van der Waals surface area contributed by atoms with E-state index >= 15 is 0 Å². The lowest BCUT2D eigenvalue weighted by atomic mass is 10.1. The molecule has 0 radical (unpaired) electrons. The molecule has 0 saturated carbocycles. The maximum absolute atomic E-state index is 10.4. The lowest BCUT2D eigenvalue weighted by molar-refractivity contribution is 0.192. The summed E-state index contributed by atoms with van der Waals surface area (Å²) in [5.74, 6) is 0. The van der Waals surface area contributed by atoms with Gasteiger partial charge in [-0.15, -0.1) is 0 Å². The van der Waals surface area contributed by atoms with Gasteiger partial charge < -0.3 is 9.79 Å². The summed E-state index contributed by atoms with van der Waals surface area (Å²) >= 11 is 12.0. The molecule has 1 aromatic carbocycles. The molecule has 0 amide bonds. The molecule has 16 heavy (non-hydrogen) atoms. The van der Waals surface area contributed by atoms with Crippen molar-refractivity contribution in [1.29, 1.82) is 0 Å². The minimum Gasteiger partial charge on any atom is -0.303 e. The minimum atomic E-state index is -4.46. The molecular formula is C9H11Cl2O4P. The first-order chi connectivity index (χ1) is 7.31. The molecule has 0 saturated heterocycles. The van der Waals surface area contributed by atoms with Crippen LogP contribution in [0.5, 0.6) is 0 Å². The highest BCUT2D eigenvalue weighted by atomic mass is 35.5. The van der Waals surface area contributed by atoms with E-state index in [2.05, 4.69) is 4.52 Å². The molecule has 0 fully saturated rings. The Morgan fingerprint density at radius 3 is 2.31 bits per heavy atom. The molecule has 0 aliphatic carbocycles. The molecule has 0 aromatic heterocycles. The number of phosphoric acid groups is 1. The minimum absolute atomic E-state index is 0.0885. The topological polar surface area (TPSA) is 66.8 Å². The number of hydrogen-bond acceptors (Lipinski definition) is 2. The van der Waals surface area contributed by atoms with Crippen molar-refractivity contribution < 1.29 is 18.9 Å². The Bertz CT molecular complexity index is 376. The van der Waals surface area contributed by atoms with Crippen LogP contribution in [0.4, 0.5) is 0 Å². The van der Waals surface area contributed by atoms with Crippen LogP contribution in [0, 0.1) is 0 Å². The third-order valence-corrected chi connectivity index (χ3v) is 3.20. The predicted molar refractivity (Wildman–Crippen MR) is 62.4 cm³/mol. The van der Waals surface area contributed by atoms with Gasteiger partial charge in [0.25, 0.3) is 0 Å². The smallest absolute Gasteiger partial charge is 0.303 e. The molecule has 0 heterocycles. The second-order valence-corrected chi connectivity index (χ2v) is 5.87. The van der Waals surface area contributed by atoms with Gasteiger partial charge in [0.05, 0.1) is 6.61 Å². The van der Waals surface area contributed by atoms with Crippen molar-refractivity contribution in [2.24, 2.45) is 0 Å². The van der Waals surface area contributed by atoms with Gasteiger partial charge in [0.2, 0.25) is 0 Å². The van der Waals surface area contributed by atoms with E-state index in [9.17, 15) is 4.57 Å². The van der Waals surface area contributed by atoms with Crippen LogP contribution in [0.2, 0.25) is 0 Å². The largest absolute Gasteiger partial charge is 0.469 e. The zero-order valence-electron chi connectivity index (χ0n) is 8.22. The Morgan fingerprint density at radius 2 is 1.81 bits per heavy atom. The third kappa shape index (κ3) is 4.83. The number of hydrogen-bond donors (Lipinski definition) is 2. The number of alkyl halides is 2. The normalized spacial score (nSPS) is 12.8. The van der Waals surface area contributed by atoms with E-state index in [1.54, 1.807) is 24.3 Å². The highest BCUT2D eigenvalue weighted by Crippen LogP contribution is 2.41. The van der Waals surface area contributed by atoms with Gasteiger partial charge in [-0.25, -0.2) is 4.57 Å². The molecule has 1 aromatic rings. The fourth-order valence-corrected chi connectivity index (χ4v) is 1.85. The average molecular weight is 285 g/mol. The summed E-state index contributed by atoms with van der Waals surface area (Å²) in [6.45, 7) is -0.216. The second kappa shape index (κ2) is 5.50. The van der Waals surface area contributed by atoms with Crippen LogP contribution in [0.3, 0.4) is 0 Å². The van der Waals surface area contributed by atoms with Gasteiger partial charge in [0, 0.05) is 6.42 Å².